The van der Waals surface area contributed by atoms with E-state index in [0.29, 0.717) is 34.5 Å². The molecule has 0 amide bonds. The molecule has 0 fully saturated rings. The van der Waals surface area contributed by atoms with Gasteiger partial charge in [-0.1, -0.05) is 51.4 Å². The van der Waals surface area contributed by atoms with Gasteiger partial charge in [0.15, 0.2) is 0 Å². The van der Waals surface area contributed by atoms with Crippen molar-refractivity contribution in [3.05, 3.63) is 51.8 Å². The van der Waals surface area contributed by atoms with Crippen LogP contribution in [0.2, 0.25) is 5.02 Å². The number of carboxylic acids is 1. The molecule has 0 spiro atoms. The van der Waals surface area contributed by atoms with Crippen molar-refractivity contribution in [3.8, 4) is 11.1 Å². The van der Waals surface area contributed by atoms with E-state index in [2.05, 4.69) is 27.7 Å². The molecule has 1 aromatic carbocycles. The fourth-order valence-electron chi connectivity index (χ4n) is 3.20. The summed E-state index contributed by atoms with van der Waals surface area (Å²) < 4.78 is 0. The Morgan fingerprint density at radius 1 is 1.08 bits per heavy atom. The molecule has 0 bridgehead atoms. The van der Waals surface area contributed by atoms with Crippen LogP contribution < -0.4 is 5.73 Å². The van der Waals surface area contributed by atoms with Gasteiger partial charge in [0.05, 0.1) is 11.3 Å². The lowest BCUT2D eigenvalue weighted by Crippen LogP contribution is -2.18. The molecule has 0 saturated carbocycles. The van der Waals surface area contributed by atoms with E-state index < -0.39 is 5.97 Å². The first-order valence-corrected chi connectivity index (χ1v) is 9.36. The molecule has 0 unspecified atom stereocenters. The lowest BCUT2D eigenvalue weighted by molar-refractivity contribution is 0.0695. The van der Waals surface area contributed by atoms with Crippen LogP contribution in [0.3, 0.4) is 0 Å². The normalized spacial score (nSPS) is 11.4. The first kappa shape index (κ1) is 20.4. The van der Waals surface area contributed by atoms with Crippen LogP contribution in [0.4, 0.5) is 0 Å². The second kappa shape index (κ2) is 8.65. The van der Waals surface area contributed by atoms with E-state index in [1.54, 1.807) is 12.1 Å². The van der Waals surface area contributed by atoms with Crippen LogP contribution in [0, 0.1) is 11.8 Å². The predicted molar refractivity (Wildman–Crippen MR) is 107 cm³/mol. The van der Waals surface area contributed by atoms with Crippen molar-refractivity contribution in [1.29, 1.82) is 0 Å². The number of halogens is 1. The van der Waals surface area contributed by atoms with Crippen LogP contribution in [0.1, 0.15) is 55.0 Å². The van der Waals surface area contributed by atoms with E-state index in [4.69, 9.17) is 22.3 Å². The molecule has 0 saturated heterocycles. The molecule has 5 heteroatoms. The Balaban J connectivity index is 2.85. The first-order chi connectivity index (χ1) is 12.2. The summed E-state index contributed by atoms with van der Waals surface area (Å²) in [6.07, 6.45) is 1.37. The molecule has 140 valence electrons. The Labute approximate surface area is 160 Å². The van der Waals surface area contributed by atoms with Gasteiger partial charge in [0, 0.05) is 22.8 Å². The highest BCUT2D eigenvalue weighted by Crippen LogP contribution is 2.34. The molecule has 3 N–H and O–H groups in total. The van der Waals surface area contributed by atoms with Crippen LogP contribution in [0.25, 0.3) is 11.1 Å². The summed E-state index contributed by atoms with van der Waals surface area (Å²) in [5.74, 6) is -0.272. The first-order valence-electron chi connectivity index (χ1n) is 8.98. The lowest BCUT2D eigenvalue weighted by atomic mass is 9.88. The monoisotopic (exact) mass is 374 g/mol. The van der Waals surface area contributed by atoms with E-state index in [0.717, 1.165) is 23.2 Å². The lowest BCUT2D eigenvalue weighted by Gasteiger charge is -2.21. The minimum absolute atomic E-state index is 0.245. The average Bonchev–Trinajstić information content (AvgIpc) is 2.53. The maximum atomic E-state index is 12.2. The van der Waals surface area contributed by atoms with Gasteiger partial charge in [-0.05, 0) is 47.9 Å². The molecule has 1 heterocycles. The van der Waals surface area contributed by atoms with Crippen LogP contribution in [-0.2, 0) is 19.4 Å². The van der Waals surface area contributed by atoms with Gasteiger partial charge in [0.1, 0.15) is 0 Å². The summed E-state index contributed by atoms with van der Waals surface area (Å²) in [6.45, 7) is 8.62. The molecular weight excluding hydrogens is 348 g/mol. The van der Waals surface area contributed by atoms with Crippen molar-refractivity contribution in [3.63, 3.8) is 0 Å². The van der Waals surface area contributed by atoms with Gasteiger partial charge >= 0.3 is 5.97 Å². The third-order valence-electron chi connectivity index (χ3n) is 4.21. The fraction of sp³-hybridized carbons (Fsp3) is 0.429. The van der Waals surface area contributed by atoms with Crippen molar-refractivity contribution in [2.24, 2.45) is 17.6 Å². The van der Waals surface area contributed by atoms with Gasteiger partial charge in [-0.15, -0.1) is 0 Å². The highest BCUT2D eigenvalue weighted by Gasteiger charge is 2.25. The minimum Gasteiger partial charge on any atom is -0.478 e. The zero-order valence-electron chi connectivity index (χ0n) is 15.8. The van der Waals surface area contributed by atoms with Crippen LogP contribution in [-0.4, -0.2) is 16.1 Å². The quantitative estimate of drug-likeness (QED) is 0.718. The number of pyridine rings is 1. The fourth-order valence-corrected chi connectivity index (χ4v) is 3.33. The highest BCUT2D eigenvalue weighted by atomic mass is 35.5. The van der Waals surface area contributed by atoms with Crippen molar-refractivity contribution >= 4 is 17.6 Å². The van der Waals surface area contributed by atoms with Gasteiger partial charge < -0.3 is 10.8 Å². The van der Waals surface area contributed by atoms with Gasteiger partial charge in [-0.2, -0.15) is 0 Å². The predicted octanol–water partition coefficient (Wildman–Crippen LogP) is 4.96. The number of hydrogen-bond acceptors (Lipinski definition) is 3. The van der Waals surface area contributed by atoms with Gasteiger partial charge in [0.25, 0.3) is 0 Å². The SMILES string of the molecule is CC(C)Cc1nc(CC(C)C)c(C(=O)O)c(-c2ccc(Cl)cc2)c1CN. The van der Waals surface area contributed by atoms with Crippen molar-refractivity contribution < 1.29 is 9.90 Å². The molecular formula is C21H27ClN2O2. The zero-order chi connectivity index (χ0) is 19.4. The van der Waals surface area contributed by atoms with E-state index in [9.17, 15) is 9.90 Å². The molecule has 1 aromatic heterocycles. The Morgan fingerprint density at radius 3 is 2.08 bits per heavy atom. The second-order valence-corrected chi connectivity index (χ2v) is 7.88. The largest absolute Gasteiger partial charge is 0.478 e. The summed E-state index contributed by atoms with van der Waals surface area (Å²) in [5.41, 5.74) is 10.1. The minimum atomic E-state index is -0.969. The standard InChI is InChI=1S/C21H27ClN2O2/c1-12(2)9-17-16(11-23)19(14-5-7-15(22)8-6-14)20(21(25)26)18(24-17)10-13(3)4/h5-8,12-13H,9-11,23H2,1-4H3,(H,25,26). The highest BCUT2D eigenvalue weighted by molar-refractivity contribution is 6.30. The molecule has 0 aliphatic carbocycles. The van der Waals surface area contributed by atoms with E-state index in [1.165, 1.54) is 0 Å². The van der Waals surface area contributed by atoms with Gasteiger partial charge in [0.2, 0.25) is 0 Å². The second-order valence-electron chi connectivity index (χ2n) is 7.45. The van der Waals surface area contributed by atoms with Crippen LogP contribution in [0.15, 0.2) is 24.3 Å². The van der Waals surface area contributed by atoms with Crippen LogP contribution in [0.5, 0.6) is 0 Å². The third kappa shape index (κ3) is 4.63. The van der Waals surface area contributed by atoms with E-state index >= 15 is 0 Å². The number of nitrogens with zero attached hydrogens (tertiary/aromatic N) is 1. The number of carboxylic acid groups (broad SMARTS) is 1. The maximum absolute atomic E-state index is 12.2. The molecule has 2 aromatic rings. The zero-order valence-corrected chi connectivity index (χ0v) is 16.6. The molecule has 0 radical (unpaired) electrons. The average molecular weight is 375 g/mol. The number of carbonyl (C=O) groups is 1. The van der Waals surface area contributed by atoms with E-state index in [1.807, 2.05) is 12.1 Å². The van der Waals surface area contributed by atoms with Crippen molar-refractivity contribution in [2.45, 2.75) is 47.1 Å². The molecule has 2 rings (SSSR count). The topological polar surface area (TPSA) is 76.2 Å². The Morgan fingerprint density at radius 2 is 1.62 bits per heavy atom. The molecule has 0 aliphatic heterocycles. The number of rotatable bonds is 7. The maximum Gasteiger partial charge on any atom is 0.338 e. The molecule has 26 heavy (non-hydrogen) atoms. The number of hydrogen-bond donors (Lipinski definition) is 2. The third-order valence-corrected chi connectivity index (χ3v) is 4.46. The molecule has 0 aliphatic rings. The number of aromatic carboxylic acids is 1. The Kier molecular flexibility index (Phi) is 6.79. The van der Waals surface area contributed by atoms with Crippen molar-refractivity contribution in [1.82, 2.24) is 4.98 Å². The number of nitrogens with two attached hydrogens (primary N) is 1. The molecule has 0 atom stereocenters. The smallest absolute Gasteiger partial charge is 0.338 e. The van der Waals surface area contributed by atoms with Crippen LogP contribution >= 0.6 is 11.6 Å². The Hall–Kier alpha value is -1.91. The van der Waals surface area contributed by atoms with Gasteiger partial charge in [-0.3, -0.25) is 4.98 Å². The number of benzene rings is 1. The van der Waals surface area contributed by atoms with Crippen molar-refractivity contribution in [2.75, 3.05) is 0 Å². The van der Waals surface area contributed by atoms with Gasteiger partial charge in [-0.25, -0.2) is 4.79 Å². The summed E-state index contributed by atoms with van der Waals surface area (Å²) in [6, 6.07) is 7.24. The van der Waals surface area contributed by atoms with E-state index in [-0.39, 0.29) is 12.1 Å². The summed E-state index contributed by atoms with van der Waals surface area (Å²) in [5, 5.41) is 10.6. The summed E-state index contributed by atoms with van der Waals surface area (Å²) >= 11 is 6.02. The Bertz CT molecular complexity index is 784. The molecule has 4 nitrogen and oxygen atoms in total. The number of aromatic nitrogens is 1. The summed E-state index contributed by atoms with van der Waals surface area (Å²) in [4.78, 5) is 16.9. The summed E-state index contributed by atoms with van der Waals surface area (Å²) in [7, 11) is 0.